The van der Waals surface area contributed by atoms with Crippen molar-refractivity contribution >= 4 is 38.1 Å². The first kappa shape index (κ1) is 20.9. The van der Waals surface area contributed by atoms with Gasteiger partial charge in [-0.15, -0.1) is 0 Å². The van der Waals surface area contributed by atoms with Crippen LogP contribution in [0.4, 0.5) is 5.69 Å². The molecule has 5 aromatic rings. The second-order valence-corrected chi connectivity index (χ2v) is 9.55. The summed E-state index contributed by atoms with van der Waals surface area (Å²) in [6.07, 6.45) is 1.71. The Labute approximate surface area is 199 Å². The van der Waals surface area contributed by atoms with Gasteiger partial charge in [-0.05, 0) is 30.5 Å². The van der Waals surface area contributed by atoms with E-state index < -0.39 is 0 Å². The quantitative estimate of drug-likeness (QED) is 0.386. The van der Waals surface area contributed by atoms with Crippen molar-refractivity contribution in [1.82, 2.24) is 14.3 Å². The summed E-state index contributed by atoms with van der Waals surface area (Å²) in [6.45, 7) is 1.84. The molecule has 1 saturated heterocycles. The van der Waals surface area contributed by atoms with Gasteiger partial charge in [0.15, 0.2) is 0 Å². The van der Waals surface area contributed by atoms with Crippen molar-refractivity contribution in [2.45, 2.75) is 25.4 Å². The van der Waals surface area contributed by atoms with E-state index in [1.54, 1.807) is 16.8 Å². The summed E-state index contributed by atoms with van der Waals surface area (Å²) in [4.78, 5) is 18.7. The minimum Gasteiger partial charge on any atom is -0.508 e. The van der Waals surface area contributed by atoms with E-state index in [9.17, 15) is 9.90 Å². The molecule has 2 N–H and O–H groups in total. The van der Waals surface area contributed by atoms with Crippen molar-refractivity contribution < 1.29 is 9.84 Å². The molecule has 0 aliphatic carbocycles. The molecule has 172 valence electrons. The fourth-order valence-corrected chi connectivity index (χ4v) is 5.57. The number of aromatic nitrogens is 3. The van der Waals surface area contributed by atoms with Crippen LogP contribution in [0.1, 0.15) is 18.4 Å². The average molecular weight is 473 g/mol. The first-order valence-corrected chi connectivity index (χ1v) is 12.2. The number of thiazole rings is 1. The fourth-order valence-electron chi connectivity index (χ4n) is 4.59. The van der Waals surface area contributed by atoms with Gasteiger partial charge < -0.3 is 15.2 Å². The first-order chi connectivity index (χ1) is 16.7. The Morgan fingerprint density at radius 1 is 1.06 bits per heavy atom. The van der Waals surface area contributed by atoms with Gasteiger partial charge in [0, 0.05) is 31.4 Å². The van der Waals surface area contributed by atoms with Crippen LogP contribution in [0, 0.1) is 0 Å². The van der Waals surface area contributed by atoms with Crippen LogP contribution in [-0.4, -0.2) is 38.7 Å². The van der Waals surface area contributed by atoms with E-state index in [0.29, 0.717) is 41.5 Å². The first-order valence-electron chi connectivity index (χ1n) is 11.4. The van der Waals surface area contributed by atoms with Crippen LogP contribution in [0.5, 0.6) is 5.75 Å². The van der Waals surface area contributed by atoms with Gasteiger partial charge in [0.2, 0.25) is 5.13 Å². The number of phenols is 1. The standard InChI is InChI=1S/C26H24N4O3S/c31-19-14-21(27-18-10-12-33-13-11-18)24-22(15-19)29(16-17-6-2-1-3-7-17)30(25(24)32)26-28-20-8-4-5-9-23(20)34-26/h1-9,14-15,18,27,31H,10-13,16H2. The van der Waals surface area contributed by atoms with E-state index in [0.717, 1.165) is 28.6 Å². The Bertz CT molecular complexity index is 1500. The maximum absolute atomic E-state index is 14.0. The molecule has 34 heavy (non-hydrogen) atoms. The van der Waals surface area contributed by atoms with Crippen LogP contribution >= 0.6 is 11.3 Å². The lowest BCUT2D eigenvalue weighted by atomic mass is 10.1. The average Bonchev–Trinajstić information content (AvgIpc) is 3.39. The second kappa shape index (κ2) is 8.62. The predicted molar refractivity (Wildman–Crippen MR) is 135 cm³/mol. The predicted octanol–water partition coefficient (Wildman–Crippen LogP) is 4.75. The number of nitrogens with one attached hydrogen (secondary N) is 1. The summed E-state index contributed by atoms with van der Waals surface area (Å²) in [5.74, 6) is 0.116. The van der Waals surface area contributed by atoms with Crippen molar-refractivity contribution in [1.29, 1.82) is 0 Å². The maximum atomic E-state index is 14.0. The smallest absolute Gasteiger partial charge is 0.283 e. The molecule has 0 unspecified atom stereocenters. The Hall–Kier alpha value is -3.62. The van der Waals surface area contributed by atoms with Gasteiger partial charge in [-0.2, -0.15) is 4.68 Å². The molecule has 0 amide bonds. The van der Waals surface area contributed by atoms with Gasteiger partial charge in [0.1, 0.15) is 5.75 Å². The van der Waals surface area contributed by atoms with E-state index in [1.807, 2.05) is 59.3 Å². The van der Waals surface area contributed by atoms with E-state index in [-0.39, 0.29) is 17.4 Å². The number of fused-ring (bicyclic) bond motifs is 2. The Balaban J connectivity index is 1.58. The van der Waals surface area contributed by atoms with E-state index in [2.05, 4.69) is 5.32 Å². The summed E-state index contributed by atoms with van der Waals surface area (Å²) < 4.78 is 10.1. The third kappa shape index (κ3) is 3.74. The molecule has 8 heteroatoms. The number of rotatable bonds is 5. The number of benzene rings is 3. The minimum atomic E-state index is -0.153. The van der Waals surface area contributed by atoms with Crippen molar-refractivity contribution in [3.63, 3.8) is 0 Å². The van der Waals surface area contributed by atoms with Gasteiger partial charge in [0.05, 0.1) is 33.4 Å². The van der Waals surface area contributed by atoms with Crippen LogP contribution < -0.4 is 10.9 Å². The van der Waals surface area contributed by atoms with E-state index >= 15 is 0 Å². The molecule has 0 spiro atoms. The number of hydrogen-bond acceptors (Lipinski definition) is 6. The van der Waals surface area contributed by atoms with Gasteiger partial charge in [0.25, 0.3) is 5.56 Å². The molecule has 1 aliphatic rings. The highest BCUT2D eigenvalue weighted by molar-refractivity contribution is 7.20. The van der Waals surface area contributed by atoms with E-state index in [4.69, 9.17) is 9.72 Å². The third-order valence-corrected chi connectivity index (χ3v) is 7.26. The number of aromatic hydroxyl groups is 1. The molecule has 1 fully saturated rings. The molecule has 6 rings (SSSR count). The zero-order valence-electron chi connectivity index (χ0n) is 18.5. The highest BCUT2D eigenvalue weighted by atomic mass is 32.1. The highest BCUT2D eigenvalue weighted by Crippen LogP contribution is 2.32. The molecule has 2 aromatic heterocycles. The van der Waals surface area contributed by atoms with Crippen LogP contribution in [0.15, 0.2) is 71.5 Å². The largest absolute Gasteiger partial charge is 0.508 e. The molecule has 7 nitrogen and oxygen atoms in total. The monoisotopic (exact) mass is 472 g/mol. The number of ether oxygens (including phenoxy) is 1. The lowest BCUT2D eigenvalue weighted by Gasteiger charge is -2.24. The van der Waals surface area contributed by atoms with Gasteiger partial charge >= 0.3 is 0 Å². The van der Waals surface area contributed by atoms with Gasteiger partial charge in [-0.1, -0.05) is 53.8 Å². The maximum Gasteiger partial charge on any atom is 0.283 e. The number of phenolic OH excluding ortho intramolecular Hbond substituents is 1. The van der Waals surface area contributed by atoms with Crippen LogP contribution in [0.25, 0.3) is 26.3 Å². The highest BCUT2D eigenvalue weighted by Gasteiger charge is 2.23. The molecular formula is C26H24N4O3S. The number of nitrogens with zero attached hydrogens (tertiary/aromatic N) is 3. The molecule has 0 radical (unpaired) electrons. The molecule has 3 heterocycles. The van der Waals surface area contributed by atoms with Crippen molar-refractivity contribution in [3.8, 4) is 10.9 Å². The van der Waals surface area contributed by atoms with Crippen molar-refractivity contribution in [2.24, 2.45) is 0 Å². The number of anilines is 1. The Kier molecular flexibility index (Phi) is 5.31. The Morgan fingerprint density at radius 2 is 1.82 bits per heavy atom. The molecular weight excluding hydrogens is 448 g/mol. The zero-order valence-corrected chi connectivity index (χ0v) is 19.3. The summed E-state index contributed by atoms with van der Waals surface area (Å²) in [5, 5.41) is 15.3. The normalized spacial score (nSPS) is 14.7. The second-order valence-electron chi connectivity index (χ2n) is 8.54. The number of hydrogen-bond donors (Lipinski definition) is 2. The summed E-state index contributed by atoms with van der Waals surface area (Å²) in [7, 11) is 0. The molecule has 0 bridgehead atoms. The number of para-hydroxylation sites is 1. The van der Waals surface area contributed by atoms with Crippen LogP contribution in [-0.2, 0) is 11.3 Å². The van der Waals surface area contributed by atoms with Crippen LogP contribution in [0.2, 0.25) is 0 Å². The lowest BCUT2D eigenvalue weighted by Crippen LogP contribution is -2.28. The SMILES string of the molecule is O=c1c2c(NC3CCOCC3)cc(O)cc2n(Cc2ccccc2)n1-c1nc2ccccc2s1. The zero-order chi connectivity index (χ0) is 23.1. The van der Waals surface area contributed by atoms with E-state index in [1.165, 1.54) is 11.3 Å². The van der Waals surface area contributed by atoms with Crippen molar-refractivity contribution in [3.05, 3.63) is 82.6 Å². The minimum absolute atomic E-state index is 0.116. The lowest BCUT2D eigenvalue weighted by molar-refractivity contribution is 0.0905. The fraction of sp³-hybridized carbons (Fsp3) is 0.231. The molecule has 0 saturated carbocycles. The Morgan fingerprint density at radius 3 is 2.62 bits per heavy atom. The summed E-state index contributed by atoms with van der Waals surface area (Å²) >= 11 is 1.48. The topological polar surface area (TPSA) is 81.3 Å². The summed E-state index contributed by atoms with van der Waals surface area (Å²) in [6, 6.07) is 21.4. The van der Waals surface area contributed by atoms with Gasteiger partial charge in [-0.3, -0.25) is 9.48 Å². The van der Waals surface area contributed by atoms with Crippen molar-refractivity contribution in [2.75, 3.05) is 18.5 Å². The molecule has 0 atom stereocenters. The molecule has 1 aliphatic heterocycles. The summed E-state index contributed by atoms with van der Waals surface area (Å²) in [5.41, 5.74) is 3.07. The van der Waals surface area contributed by atoms with Gasteiger partial charge in [-0.25, -0.2) is 4.98 Å². The third-order valence-electron chi connectivity index (χ3n) is 6.25. The molecule has 3 aromatic carbocycles. The van der Waals surface area contributed by atoms with Crippen LogP contribution in [0.3, 0.4) is 0 Å².